The van der Waals surface area contributed by atoms with Gasteiger partial charge in [-0.1, -0.05) is 19.9 Å². The molecule has 0 atom stereocenters. The predicted molar refractivity (Wildman–Crippen MR) is 135 cm³/mol. The van der Waals surface area contributed by atoms with E-state index in [-0.39, 0.29) is 17.6 Å². The van der Waals surface area contributed by atoms with Gasteiger partial charge in [-0.3, -0.25) is 14.7 Å². The summed E-state index contributed by atoms with van der Waals surface area (Å²) >= 11 is 0. The summed E-state index contributed by atoms with van der Waals surface area (Å²) in [4.78, 5) is 23.9. The SMILES string of the molecule is CC(C)c1c(-c2cc(C3CC3)ncc2F)[nH]c2ccc(C3CCN(CC(=O)N(C)C)CC3)cc12. The molecular formula is C28H35FN4O. The predicted octanol–water partition coefficient (Wildman–Crippen LogP) is 5.64. The summed E-state index contributed by atoms with van der Waals surface area (Å²) in [7, 11) is 3.62. The number of piperidine rings is 1. The molecule has 6 heteroatoms. The molecule has 0 radical (unpaired) electrons. The molecule has 1 aliphatic carbocycles. The number of likely N-dealkylation sites (tertiary alicyclic amines) is 1. The lowest BCUT2D eigenvalue weighted by Crippen LogP contribution is -2.40. The topological polar surface area (TPSA) is 52.2 Å². The highest BCUT2D eigenvalue weighted by atomic mass is 19.1. The number of carbonyl (C=O) groups excluding carboxylic acids is 1. The first kappa shape index (κ1) is 23.0. The number of carbonyl (C=O) groups is 1. The number of H-pyrrole nitrogens is 1. The lowest BCUT2D eigenvalue weighted by molar-refractivity contribution is -0.130. The van der Waals surface area contributed by atoms with Crippen molar-refractivity contribution in [1.29, 1.82) is 0 Å². The van der Waals surface area contributed by atoms with Gasteiger partial charge in [-0.05, 0) is 79.9 Å². The second-order valence-electron chi connectivity index (χ2n) is 10.6. The number of aromatic amines is 1. The fraction of sp³-hybridized carbons (Fsp3) is 0.500. The summed E-state index contributed by atoms with van der Waals surface area (Å²) in [6.45, 7) is 6.73. The van der Waals surface area contributed by atoms with Gasteiger partial charge in [0.25, 0.3) is 0 Å². The number of halogens is 1. The Morgan fingerprint density at radius 2 is 1.88 bits per heavy atom. The minimum atomic E-state index is -0.266. The van der Waals surface area contributed by atoms with Gasteiger partial charge in [0.05, 0.1) is 18.4 Å². The average molecular weight is 463 g/mol. The van der Waals surface area contributed by atoms with E-state index in [9.17, 15) is 9.18 Å². The number of hydrogen-bond donors (Lipinski definition) is 1. The maximum absolute atomic E-state index is 14.9. The second kappa shape index (κ2) is 9.14. The molecule has 3 heterocycles. The lowest BCUT2D eigenvalue weighted by atomic mass is 9.87. The van der Waals surface area contributed by atoms with E-state index in [0.717, 1.165) is 55.7 Å². The van der Waals surface area contributed by atoms with Gasteiger partial charge in [0.15, 0.2) is 5.82 Å². The molecule has 180 valence electrons. The first-order valence-corrected chi connectivity index (χ1v) is 12.6. The standard InChI is InChI=1S/C28H35FN4O/c1-17(2)27-22-13-20(18-9-11-33(12-10-18)16-26(34)32(3)4)7-8-24(22)31-28(27)21-14-25(19-5-6-19)30-15-23(21)29/h7-8,13-15,17-19,31H,5-6,9-12,16H2,1-4H3. The van der Waals surface area contributed by atoms with E-state index in [1.807, 2.05) is 20.2 Å². The van der Waals surface area contributed by atoms with Gasteiger partial charge in [0.1, 0.15) is 0 Å². The molecule has 0 spiro atoms. The molecule has 0 unspecified atom stereocenters. The van der Waals surface area contributed by atoms with Crippen molar-refractivity contribution in [2.45, 2.75) is 57.3 Å². The quantitative estimate of drug-likeness (QED) is 0.516. The van der Waals surface area contributed by atoms with Gasteiger partial charge in [0, 0.05) is 42.2 Å². The number of aromatic nitrogens is 2. The van der Waals surface area contributed by atoms with Gasteiger partial charge < -0.3 is 9.88 Å². The van der Waals surface area contributed by atoms with Gasteiger partial charge in [-0.25, -0.2) is 4.39 Å². The van der Waals surface area contributed by atoms with Gasteiger partial charge in [-0.2, -0.15) is 0 Å². The molecule has 5 rings (SSSR count). The minimum Gasteiger partial charge on any atom is -0.354 e. The lowest BCUT2D eigenvalue weighted by Gasteiger charge is -2.32. The molecule has 2 aromatic heterocycles. The number of hydrogen-bond acceptors (Lipinski definition) is 3. The summed E-state index contributed by atoms with van der Waals surface area (Å²) in [5.74, 6) is 1.12. The number of fused-ring (bicyclic) bond motifs is 1. The third-order valence-electron chi connectivity index (χ3n) is 7.50. The minimum absolute atomic E-state index is 0.162. The maximum Gasteiger partial charge on any atom is 0.236 e. The first-order chi connectivity index (χ1) is 16.3. The monoisotopic (exact) mass is 462 g/mol. The maximum atomic E-state index is 14.9. The smallest absolute Gasteiger partial charge is 0.236 e. The molecule has 3 aromatic rings. The fourth-order valence-electron chi connectivity index (χ4n) is 5.30. The van der Waals surface area contributed by atoms with Crippen LogP contribution in [-0.4, -0.2) is 59.4 Å². The first-order valence-electron chi connectivity index (χ1n) is 12.6. The normalized spacial score (nSPS) is 17.6. The van der Waals surface area contributed by atoms with Gasteiger partial charge >= 0.3 is 0 Å². The van der Waals surface area contributed by atoms with Crippen LogP contribution in [-0.2, 0) is 4.79 Å². The molecular weight excluding hydrogens is 427 g/mol. The Hall–Kier alpha value is -2.73. The van der Waals surface area contributed by atoms with Crippen LogP contribution in [0.2, 0.25) is 0 Å². The van der Waals surface area contributed by atoms with E-state index in [1.165, 1.54) is 22.7 Å². The number of pyridine rings is 1. The van der Waals surface area contributed by atoms with Crippen molar-refractivity contribution in [2.24, 2.45) is 0 Å². The number of likely N-dealkylation sites (N-methyl/N-ethyl adjacent to an activating group) is 1. The Morgan fingerprint density at radius 1 is 1.15 bits per heavy atom. The van der Waals surface area contributed by atoms with Gasteiger partial charge in [-0.15, -0.1) is 0 Å². The number of nitrogens with one attached hydrogen (secondary N) is 1. The van der Waals surface area contributed by atoms with E-state index in [2.05, 4.69) is 46.9 Å². The summed E-state index contributed by atoms with van der Waals surface area (Å²) in [5, 5.41) is 1.19. The van der Waals surface area contributed by atoms with Crippen LogP contribution in [0.25, 0.3) is 22.2 Å². The van der Waals surface area contributed by atoms with Crippen molar-refractivity contribution in [3.63, 3.8) is 0 Å². The van der Waals surface area contributed by atoms with Crippen LogP contribution in [0.3, 0.4) is 0 Å². The van der Waals surface area contributed by atoms with Crippen molar-refractivity contribution in [3.05, 3.63) is 53.1 Å². The largest absolute Gasteiger partial charge is 0.354 e. The van der Waals surface area contributed by atoms with E-state index >= 15 is 0 Å². The zero-order valence-electron chi connectivity index (χ0n) is 20.7. The van der Waals surface area contributed by atoms with Crippen LogP contribution in [0.15, 0.2) is 30.5 Å². The number of amides is 1. The second-order valence-corrected chi connectivity index (χ2v) is 10.6. The summed E-state index contributed by atoms with van der Waals surface area (Å²) in [5.41, 5.74) is 6.11. The molecule has 0 bridgehead atoms. The molecule has 1 saturated carbocycles. The highest BCUT2D eigenvalue weighted by Crippen LogP contribution is 2.43. The Morgan fingerprint density at radius 3 is 2.53 bits per heavy atom. The van der Waals surface area contributed by atoms with Gasteiger partial charge in [0.2, 0.25) is 5.91 Å². The zero-order valence-corrected chi connectivity index (χ0v) is 20.7. The van der Waals surface area contributed by atoms with Crippen molar-refractivity contribution < 1.29 is 9.18 Å². The third-order valence-corrected chi connectivity index (χ3v) is 7.50. The molecule has 2 fully saturated rings. The molecule has 1 N–H and O–H groups in total. The number of benzene rings is 1. The van der Waals surface area contributed by atoms with E-state index < -0.39 is 0 Å². The third kappa shape index (κ3) is 4.48. The molecule has 1 amide bonds. The molecule has 5 nitrogen and oxygen atoms in total. The fourth-order valence-corrected chi connectivity index (χ4v) is 5.30. The number of rotatable bonds is 6. The highest BCUT2D eigenvalue weighted by molar-refractivity contribution is 5.92. The number of nitrogens with zero attached hydrogens (tertiary/aromatic N) is 3. The van der Waals surface area contributed by atoms with Crippen LogP contribution < -0.4 is 0 Å². The van der Waals surface area contributed by atoms with Crippen molar-refractivity contribution in [1.82, 2.24) is 19.8 Å². The summed E-state index contributed by atoms with van der Waals surface area (Å²) < 4.78 is 14.9. The molecule has 1 saturated heterocycles. The Labute approximate surface area is 201 Å². The highest BCUT2D eigenvalue weighted by Gasteiger charge is 2.28. The average Bonchev–Trinajstić information content (AvgIpc) is 3.59. The van der Waals surface area contributed by atoms with E-state index in [4.69, 9.17) is 0 Å². The van der Waals surface area contributed by atoms with Crippen LogP contribution >= 0.6 is 0 Å². The zero-order chi connectivity index (χ0) is 24.0. The van der Waals surface area contributed by atoms with E-state index in [0.29, 0.717) is 23.9 Å². The molecule has 1 aliphatic heterocycles. The van der Waals surface area contributed by atoms with Crippen LogP contribution in [0.5, 0.6) is 0 Å². The van der Waals surface area contributed by atoms with E-state index in [1.54, 1.807) is 4.90 Å². The van der Waals surface area contributed by atoms with Crippen molar-refractivity contribution in [3.8, 4) is 11.3 Å². The van der Waals surface area contributed by atoms with Crippen molar-refractivity contribution in [2.75, 3.05) is 33.7 Å². The van der Waals surface area contributed by atoms with Crippen LogP contribution in [0.1, 0.15) is 74.1 Å². The Bertz CT molecular complexity index is 1200. The van der Waals surface area contributed by atoms with Crippen LogP contribution in [0, 0.1) is 5.82 Å². The van der Waals surface area contributed by atoms with Crippen molar-refractivity contribution >= 4 is 16.8 Å². The van der Waals surface area contributed by atoms with Crippen LogP contribution in [0.4, 0.5) is 4.39 Å². The summed E-state index contributed by atoms with van der Waals surface area (Å²) in [6.07, 6.45) is 5.77. The Balaban J connectivity index is 1.44. The molecule has 1 aromatic carbocycles. The molecule has 2 aliphatic rings. The molecule has 34 heavy (non-hydrogen) atoms. The summed E-state index contributed by atoms with van der Waals surface area (Å²) in [6, 6.07) is 8.64. The Kier molecular flexibility index (Phi) is 6.19.